The normalized spacial score (nSPS) is 14.0. The highest BCUT2D eigenvalue weighted by molar-refractivity contribution is 7.92. The first-order chi connectivity index (χ1) is 20.2. The molecule has 0 bridgehead atoms. The molecule has 1 aliphatic rings. The van der Waals surface area contributed by atoms with Gasteiger partial charge in [-0.05, 0) is 43.5 Å². The highest BCUT2D eigenvalue weighted by Gasteiger charge is 2.34. The van der Waals surface area contributed by atoms with Crippen LogP contribution in [0, 0.1) is 0 Å². The van der Waals surface area contributed by atoms with Gasteiger partial charge in [0.25, 0.3) is 0 Å². The van der Waals surface area contributed by atoms with E-state index in [2.05, 4.69) is 5.32 Å². The van der Waals surface area contributed by atoms with Gasteiger partial charge in [0.15, 0.2) is 11.5 Å². The van der Waals surface area contributed by atoms with Gasteiger partial charge in [-0.3, -0.25) is 13.9 Å². The Kier molecular flexibility index (Phi) is 10.5. The summed E-state index contributed by atoms with van der Waals surface area (Å²) in [6, 6.07) is 22.7. The number of fused-ring (bicyclic) bond motifs is 1. The number of rotatable bonds is 13. The molecule has 0 spiro atoms. The van der Waals surface area contributed by atoms with Gasteiger partial charge in [-0.15, -0.1) is 0 Å². The number of hydrogen-bond donors (Lipinski definition) is 1. The largest absolute Gasteiger partial charge is 0.486 e. The van der Waals surface area contributed by atoms with Crippen LogP contribution in [0.4, 0.5) is 5.69 Å². The number of anilines is 1. The third kappa shape index (κ3) is 7.82. The molecule has 1 heterocycles. The average molecular weight is 594 g/mol. The highest BCUT2D eigenvalue weighted by atomic mass is 32.2. The van der Waals surface area contributed by atoms with Gasteiger partial charge >= 0.3 is 0 Å². The Hall–Kier alpha value is -4.05. The minimum atomic E-state index is -3.88. The summed E-state index contributed by atoms with van der Waals surface area (Å²) in [6.07, 6.45) is 0.995. The van der Waals surface area contributed by atoms with Crippen molar-refractivity contribution in [2.75, 3.05) is 29.8 Å². The van der Waals surface area contributed by atoms with Crippen LogP contribution in [0.25, 0.3) is 0 Å². The topological polar surface area (TPSA) is 105 Å². The molecule has 0 saturated heterocycles. The van der Waals surface area contributed by atoms with Crippen LogP contribution < -0.4 is 19.1 Å². The number of ether oxygens (including phenoxy) is 2. The zero-order valence-corrected chi connectivity index (χ0v) is 25.2. The molecule has 10 heteroatoms. The lowest BCUT2D eigenvalue weighted by Gasteiger charge is -2.34. The van der Waals surface area contributed by atoms with E-state index < -0.39 is 28.5 Å². The lowest BCUT2D eigenvalue weighted by molar-refractivity contribution is -0.140. The summed E-state index contributed by atoms with van der Waals surface area (Å²) in [5.74, 6) is -0.0678. The highest BCUT2D eigenvalue weighted by Crippen LogP contribution is 2.35. The zero-order chi connectivity index (χ0) is 30.1. The van der Waals surface area contributed by atoms with E-state index in [1.54, 1.807) is 18.2 Å². The number of amides is 2. The van der Waals surface area contributed by atoms with Crippen LogP contribution in [-0.2, 0) is 32.6 Å². The number of nitrogens with one attached hydrogen (secondary N) is 1. The molecule has 2 atom stereocenters. The Morgan fingerprint density at radius 2 is 1.50 bits per heavy atom. The number of nitrogens with zero attached hydrogens (tertiary/aromatic N) is 2. The Bertz CT molecular complexity index is 1450. The van der Waals surface area contributed by atoms with Crippen molar-refractivity contribution in [1.82, 2.24) is 10.2 Å². The van der Waals surface area contributed by atoms with Crippen molar-refractivity contribution in [3.05, 3.63) is 90.0 Å². The summed E-state index contributed by atoms with van der Waals surface area (Å²) in [5.41, 5.74) is 2.00. The smallest absolute Gasteiger partial charge is 0.244 e. The van der Waals surface area contributed by atoms with E-state index in [9.17, 15) is 18.0 Å². The van der Waals surface area contributed by atoms with Gasteiger partial charge in [-0.2, -0.15) is 0 Å². The van der Waals surface area contributed by atoms with Crippen molar-refractivity contribution in [2.45, 2.75) is 52.2 Å². The first-order valence-corrected chi connectivity index (χ1v) is 15.9. The first kappa shape index (κ1) is 30.9. The number of hydrogen-bond acceptors (Lipinski definition) is 6. The van der Waals surface area contributed by atoms with E-state index >= 15 is 0 Å². The predicted molar refractivity (Wildman–Crippen MR) is 163 cm³/mol. The minimum absolute atomic E-state index is 0.0980. The molecule has 42 heavy (non-hydrogen) atoms. The number of carbonyl (C=O) groups is 2. The fraction of sp³-hybridized carbons (Fsp3) is 0.375. The second kappa shape index (κ2) is 14.2. The second-order valence-corrected chi connectivity index (χ2v) is 12.4. The summed E-state index contributed by atoms with van der Waals surface area (Å²) >= 11 is 0. The van der Waals surface area contributed by atoms with Crippen molar-refractivity contribution in [3.63, 3.8) is 0 Å². The minimum Gasteiger partial charge on any atom is -0.486 e. The van der Waals surface area contributed by atoms with Crippen LogP contribution in [0.15, 0.2) is 78.9 Å². The lowest BCUT2D eigenvalue weighted by Crippen LogP contribution is -2.54. The van der Waals surface area contributed by atoms with E-state index in [1.807, 2.05) is 74.5 Å². The van der Waals surface area contributed by atoms with Crippen molar-refractivity contribution in [3.8, 4) is 11.5 Å². The number of carbonyl (C=O) groups excluding carboxylic acids is 2. The van der Waals surface area contributed by atoms with E-state index in [-0.39, 0.29) is 36.4 Å². The van der Waals surface area contributed by atoms with Gasteiger partial charge in [-0.25, -0.2) is 8.42 Å². The molecule has 0 aliphatic carbocycles. The molecule has 1 N–H and O–H groups in total. The summed E-state index contributed by atoms with van der Waals surface area (Å²) in [4.78, 5) is 29.5. The third-order valence-electron chi connectivity index (χ3n) is 7.26. The molecule has 0 saturated carbocycles. The Morgan fingerprint density at radius 1 is 0.881 bits per heavy atom. The van der Waals surface area contributed by atoms with Crippen molar-refractivity contribution in [1.29, 1.82) is 0 Å². The zero-order valence-electron chi connectivity index (χ0n) is 24.4. The fourth-order valence-electron chi connectivity index (χ4n) is 4.68. The van der Waals surface area contributed by atoms with Gasteiger partial charge in [0, 0.05) is 25.1 Å². The SMILES string of the molecule is CC[C@@H](C)NC(=O)[C@@H](Cc1ccccc1)N(Cc1ccccc1)C(=O)CN(c1ccc2c(c1)OCCO2)S(=O)(=O)CC. The number of benzene rings is 3. The van der Waals surface area contributed by atoms with Crippen molar-refractivity contribution in [2.24, 2.45) is 0 Å². The Labute approximate surface area is 248 Å². The van der Waals surface area contributed by atoms with Gasteiger partial charge in [0.2, 0.25) is 21.8 Å². The van der Waals surface area contributed by atoms with Crippen molar-refractivity contribution < 1.29 is 27.5 Å². The van der Waals surface area contributed by atoms with Gasteiger partial charge < -0.3 is 19.7 Å². The van der Waals surface area contributed by atoms with Crippen LogP contribution in [-0.4, -0.2) is 62.7 Å². The monoisotopic (exact) mass is 593 g/mol. The molecule has 0 aromatic heterocycles. The maximum atomic E-state index is 14.3. The number of sulfonamides is 1. The summed E-state index contributed by atoms with van der Waals surface area (Å²) in [7, 11) is -3.88. The molecule has 0 fully saturated rings. The molecule has 3 aromatic carbocycles. The van der Waals surface area contributed by atoms with E-state index in [4.69, 9.17) is 9.47 Å². The maximum Gasteiger partial charge on any atom is 0.244 e. The van der Waals surface area contributed by atoms with Crippen LogP contribution in [0.2, 0.25) is 0 Å². The van der Waals surface area contributed by atoms with Gasteiger partial charge in [-0.1, -0.05) is 67.6 Å². The molecule has 3 aromatic rings. The molecular weight excluding hydrogens is 554 g/mol. The van der Waals surface area contributed by atoms with Crippen LogP contribution in [0.1, 0.15) is 38.3 Å². The van der Waals surface area contributed by atoms with Crippen LogP contribution >= 0.6 is 0 Å². The van der Waals surface area contributed by atoms with Crippen molar-refractivity contribution >= 4 is 27.5 Å². The lowest BCUT2D eigenvalue weighted by atomic mass is 10.0. The summed E-state index contributed by atoms with van der Waals surface area (Å²) in [6.45, 7) is 5.81. The molecule has 0 unspecified atom stereocenters. The Morgan fingerprint density at radius 3 is 2.12 bits per heavy atom. The fourth-order valence-corrected chi connectivity index (χ4v) is 5.74. The van der Waals surface area contributed by atoms with Crippen LogP contribution in [0.5, 0.6) is 11.5 Å². The first-order valence-electron chi connectivity index (χ1n) is 14.3. The summed E-state index contributed by atoms with van der Waals surface area (Å²) in [5, 5.41) is 3.04. The van der Waals surface area contributed by atoms with E-state index in [0.717, 1.165) is 21.9 Å². The maximum absolute atomic E-state index is 14.3. The van der Waals surface area contributed by atoms with Gasteiger partial charge in [0.1, 0.15) is 25.8 Å². The molecule has 0 radical (unpaired) electrons. The second-order valence-electron chi connectivity index (χ2n) is 10.3. The summed E-state index contributed by atoms with van der Waals surface area (Å²) < 4.78 is 39.1. The average Bonchev–Trinajstić information content (AvgIpc) is 3.02. The molecule has 224 valence electrons. The van der Waals surface area contributed by atoms with Gasteiger partial charge in [0.05, 0.1) is 11.4 Å². The molecule has 1 aliphatic heterocycles. The quantitative estimate of drug-likeness (QED) is 0.319. The molecular formula is C32H39N3O6S. The van der Waals surface area contributed by atoms with E-state index in [0.29, 0.717) is 24.7 Å². The molecule has 4 rings (SSSR count). The molecule has 2 amide bonds. The third-order valence-corrected chi connectivity index (χ3v) is 9.00. The van der Waals surface area contributed by atoms with E-state index in [1.165, 1.54) is 11.8 Å². The van der Waals surface area contributed by atoms with Crippen LogP contribution in [0.3, 0.4) is 0 Å². The predicted octanol–water partition coefficient (Wildman–Crippen LogP) is 4.17. The standard InChI is InChI=1S/C32H39N3O6S/c1-4-24(3)33-32(37)28(20-25-12-8-6-9-13-25)34(22-26-14-10-7-11-15-26)31(36)23-35(42(38,39)5-2)27-16-17-29-30(21-27)41-19-18-40-29/h6-17,21,24,28H,4-5,18-20,22-23H2,1-3H3,(H,33,37)/t24-,28-/m1/s1. The Balaban J connectivity index is 1.73. The molecule has 9 nitrogen and oxygen atoms in total.